The standard InChI is InChI=1S/C18H27N3O3S/c1-2-25(23,24)21-12-8-18(9-13-21,16-6-4-3-5-7-16)17(22)20-14-10-19-11-15-20/h3-7,19H,2,8-15H2,1H3. The summed E-state index contributed by atoms with van der Waals surface area (Å²) >= 11 is 0. The quantitative estimate of drug-likeness (QED) is 0.857. The molecule has 2 heterocycles. The Morgan fingerprint density at radius 2 is 1.68 bits per heavy atom. The van der Waals surface area contributed by atoms with Gasteiger partial charge in [0.05, 0.1) is 11.2 Å². The third-order valence-corrected chi connectivity index (χ3v) is 7.36. The molecule has 1 aromatic carbocycles. The second kappa shape index (κ2) is 7.43. The number of rotatable bonds is 4. The van der Waals surface area contributed by atoms with E-state index in [0.29, 0.717) is 39.0 Å². The number of benzene rings is 1. The SMILES string of the molecule is CCS(=O)(=O)N1CCC(C(=O)N2CCNCC2)(c2ccccc2)CC1. The molecule has 0 unspecified atom stereocenters. The number of nitrogens with one attached hydrogen (secondary N) is 1. The van der Waals surface area contributed by atoms with Gasteiger partial charge in [-0.3, -0.25) is 4.79 Å². The van der Waals surface area contributed by atoms with E-state index in [1.165, 1.54) is 0 Å². The number of carbonyl (C=O) groups excluding carboxylic acids is 1. The maximum Gasteiger partial charge on any atom is 0.233 e. The minimum atomic E-state index is -3.21. The first kappa shape index (κ1) is 18.4. The number of nitrogens with zero attached hydrogens (tertiary/aromatic N) is 2. The topological polar surface area (TPSA) is 69.7 Å². The van der Waals surface area contributed by atoms with Gasteiger partial charge < -0.3 is 10.2 Å². The van der Waals surface area contributed by atoms with Crippen LogP contribution >= 0.6 is 0 Å². The molecule has 2 saturated heterocycles. The normalized spacial score (nSPS) is 21.9. The zero-order valence-electron chi connectivity index (χ0n) is 14.8. The molecule has 3 rings (SSSR count). The summed E-state index contributed by atoms with van der Waals surface area (Å²) in [5, 5.41) is 3.28. The Labute approximate surface area is 150 Å². The van der Waals surface area contributed by atoms with Crippen LogP contribution in [0.25, 0.3) is 0 Å². The van der Waals surface area contributed by atoms with Crippen LogP contribution in [0, 0.1) is 0 Å². The number of sulfonamides is 1. The highest BCUT2D eigenvalue weighted by atomic mass is 32.2. The molecule has 25 heavy (non-hydrogen) atoms. The van der Waals surface area contributed by atoms with Gasteiger partial charge in [0, 0.05) is 39.3 Å². The van der Waals surface area contributed by atoms with Gasteiger partial charge in [0.25, 0.3) is 0 Å². The largest absolute Gasteiger partial charge is 0.339 e. The Bertz CT molecular complexity index is 692. The summed E-state index contributed by atoms with van der Waals surface area (Å²) in [5.41, 5.74) is 0.394. The Kier molecular flexibility index (Phi) is 5.46. The smallest absolute Gasteiger partial charge is 0.233 e. The summed E-state index contributed by atoms with van der Waals surface area (Å²) in [6.45, 7) is 5.53. The van der Waals surface area contributed by atoms with E-state index in [2.05, 4.69) is 5.32 Å². The third-order valence-electron chi connectivity index (χ3n) is 5.47. The summed E-state index contributed by atoms with van der Waals surface area (Å²) in [6, 6.07) is 9.87. The summed E-state index contributed by atoms with van der Waals surface area (Å²) in [7, 11) is -3.21. The van der Waals surface area contributed by atoms with Crippen LogP contribution in [0.1, 0.15) is 25.3 Å². The maximum absolute atomic E-state index is 13.4. The number of amides is 1. The lowest BCUT2D eigenvalue weighted by atomic mass is 9.72. The van der Waals surface area contributed by atoms with Crippen LogP contribution < -0.4 is 5.32 Å². The van der Waals surface area contributed by atoms with Gasteiger partial charge in [0.2, 0.25) is 15.9 Å². The predicted molar refractivity (Wildman–Crippen MR) is 97.8 cm³/mol. The van der Waals surface area contributed by atoms with Crippen LogP contribution in [0.5, 0.6) is 0 Å². The molecule has 1 N–H and O–H groups in total. The predicted octanol–water partition coefficient (Wildman–Crippen LogP) is 0.802. The molecule has 0 saturated carbocycles. The molecule has 1 aromatic rings. The van der Waals surface area contributed by atoms with Crippen molar-refractivity contribution in [3.8, 4) is 0 Å². The van der Waals surface area contributed by atoms with Crippen molar-refractivity contribution in [1.29, 1.82) is 0 Å². The van der Waals surface area contributed by atoms with E-state index in [1.807, 2.05) is 35.2 Å². The first-order chi connectivity index (χ1) is 12.0. The zero-order valence-corrected chi connectivity index (χ0v) is 15.6. The second-order valence-electron chi connectivity index (χ2n) is 6.79. The molecule has 0 bridgehead atoms. The van der Waals surface area contributed by atoms with Crippen molar-refractivity contribution in [2.45, 2.75) is 25.2 Å². The minimum Gasteiger partial charge on any atom is -0.339 e. The Morgan fingerprint density at radius 3 is 2.24 bits per heavy atom. The maximum atomic E-state index is 13.4. The van der Waals surface area contributed by atoms with Crippen LogP contribution in [0.4, 0.5) is 0 Å². The number of piperidine rings is 1. The monoisotopic (exact) mass is 365 g/mol. The van der Waals surface area contributed by atoms with Gasteiger partial charge in [-0.2, -0.15) is 0 Å². The molecular weight excluding hydrogens is 338 g/mol. The molecule has 138 valence electrons. The van der Waals surface area contributed by atoms with Gasteiger partial charge in [-0.25, -0.2) is 12.7 Å². The van der Waals surface area contributed by atoms with Crippen LogP contribution in [0.15, 0.2) is 30.3 Å². The van der Waals surface area contributed by atoms with Gasteiger partial charge in [-0.15, -0.1) is 0 Å². The molecule has 1 amide bonds. The van der Waals surface area contributed by atoms with Crippen LogP contribution in [0.2, 0.25) is 0 Å². The Hall–Kier alpha value is -1.44. The van der Waals surface area contributed by atoms with Crippen molar-refractivity contribution in [3.63, 3.8) is 0 Å². The highest BCUT2D eigenvalue weighted by molar-refractivity contribution is 7.89. The summed E-state index contributed by atoms with van der Waals surface area (Å²) in [6.07, 6.45) is 1.08. The van der Waals surface area contributed by atoms with Gasteiger partial charge in [0.1, 0.15) is 0 Å². The van der Waals surface area contributed by atoms with Crippen LogP contribution in [0.3, 0.4) is 0 Å². The third kappa shape index (κ3) is 3.59. The van der Waals surface area contributed by atoms with Gasteiger partial charge in [0.15, 0.2) is 0 Å². The molecule has 2 aliphatic heterocycles. The summed E-state index contributed by atoms with van der Waals surface area (Å²) in [5.74, 6) is 0.255. The van der Waals surface area contributed by atoms with Crippen LogP contribution in [-0.2, 0) is 20.2 Å². The van der Waals surface area contributed by atoms with Crippen molar-refractivity contribution in [1.82, 2.24) is 14.5 Å². The van der Waals surface area contributed by atoms with Crippen molar-refractivity contribution in [2.75, 3.05) is 45.0 Å². The van der Waals surface area contributed by atoms with E-state index in [0.717, 1.165) is 18.7 Å². The molecule has 7 heteroatoms. The van der Waals surface area contributed by atoms with Crippen molar-refractivity contribution in [2.24, 2.45) is 0 Å². The molecule has 0 aromatic heterocycles. The summed E-state index contributed by atoms with van der Waals surface area (Å²) < 4.78 is 25.9. The number of hydrogen-bond acceptors (Lipinski definition) is 4. The van der Waals surface area contributed by atoms with Crippen molar-refractivity contribution in [3.05, 3.63) is 35.9 Å². The van der Waals surface area contributed by atoms with E-state index >= 15 is 0 Å². The van der Waals surface area contributed by atoms with Crippen LogP contribution in [-0.4, -0.2) is 68.6 Å². The fourth-order valence-electron chi connectivity index (χ4n) is 3.88. The fourth-order valence-corrected chi connectivity index (χ4v) is 4.99. The van der Waals surface area contributed by atoms with E-state index in [9.17, 15) is 13.2 Å². The Balaban J connectivity index is 1.88. The zero-order chi connectivity index (χ0) is 17.9. The lowest BCUT2D eigenvalue weighted by Gasteiger charge is -2.44. The fraction of sp³-hybridized carbons (Fsp3) is 0.611. The summed E-state index contributed by atoms with van der Waals surface area (Å²) in [4.78, 5) is 15.4. The lowest BCUT2D eigenvalue weighted by molar-refractivity contribution is -0.139. The lowest BCUT2D eigenvalue weighted by Crippen LogP contribution is -2.57. The molecule has 0 aliphatic carbocycles. The first-order valence-corrected chi connectivity index (χ1v) is 10.6. The molecule has 0 spiro atoms. The molecule has 2 aliphatic rings. The van der Waals surface area contributed by atoms with E-state index in [-0.39, 0.29) is 11.7 Å². The van der Waals surface area contributed by atoms with E-state index in [1.54, 1.807) is 11.2 Å². The van der Waals surface area contributed by atoms with Gasteiger partial charge >= 0.3 is 0 Å². The molecule has 6 nitrogen and oxygen atoms in total. The van der Waals surface area contributed by atoms with E-state index in [4.69, 9.17) is 0 Å². The Morgan fingerprint density at radius 1 is 1.08 bits per heavy atom. The van der Waals surface area contributed by atoms with Gasteiger partial charge in [-0.1, -0.05) is 30.3 Å². The number of piperazine rings is 1. The molecule has 0 radical (unpaired) electrons. The average molecular weight is 365 g/mol. The second-order valence-corrected chi connectivity index (χ2v) is 9.05. The molecule has 0 atom stereocenters. The first-order valence-electron chi connectivity index (χ1n) is 9.03. The highest BCUT2D eigenvalue weighted by Crippen LogP contribution is 2.38. The average Bonchev–Trinajstić information content (AvgIpc) is 2.68. The number of carbonyl (C=O) groups is 1. The van der Waals surface area contributed by atoms with Crippen molar-refractivity contribution >= 4 is 15.9 Å². The van der Waals surface area contributed by atoms with E-state index < -0.39 is 15.4 Å². The van der Waals surface area contributed by atoms with Gasteiger partial charge in [-0.05, 0) is 25.3 Å². The number of hydrogen-bond donors (Lipinski definition) is 1. The molecule has 2 fully saturated rings. The molecular formula is C18H27N3O3S. The minimum absolute atomic E-state index is 0.108. The highest BCUT2D eigenvalue weighted by Gasteiger charge is 2.46. The van der Waals surface area contributed by atoms with Crippen molar-refractivity contribution < 1.29 is 13.2 Å².